The Bertz CT molecular complexity index is 773. The molecule has 0 amide bonds. The maximum Gasteiger partial charge on any atom is 0.130 e. The molecule has 21 heavy (non-hydrogen) atoms. The fraction of sp³-hybridized carbons (Fsp3) is 0.167. The van der Waals surface area contributed by atoms with Crippen LogP contribution in [0.5, 0.6) is 0 Å². The highest BCUT2D eigenvalue weighted by molar-refractivity contribution is 6.30. The number of hydrogen-bond acceptors (Lipinski definition) is 1. The summed E-state index contributed by atoms with van der Waals surface area (Å²) in [6.45, 7) is 1.64. The number of halogens is 1. The molecular weight excluding hydrogens is 282 g/mol. The van der Waals surface area contributed by atoms with Crippen LogP contribution in [0.1, 0.15) is 30.4 Å². The molecule has 0 aliphatic rings. The summed E-state index contributed by atoms with van der Waals surface area (Å²) in [5.41, 5.74) is 3.36. The van der Waals surface area contributed by atoms with Crippen molar-refractivity contribution < 1.29 is 4.79 Å². The second-order valence-corrected chi connectivity index (χ2v) is 5.74. The highest BCUT2D eigenvalue weighted by Crippen LogP contribution is 2.33. The molecule has 3 rings (SSSR count). The van der Waals surface area contributed by atoms with Crippen LogP contribution in [0, 0.1) is 0 Å². The highest BCUT2D eigenvalue weighted by Gasteiger charge is 2.19. The Labute approximate surface area is 128 Å². The quantitative estimate of drug-likeness (QED) is 0.727. The van der Waals surface area contributed by atoms with E-state index in [9.17, 15) is 4.79 Å². The van der Waals surface area contributed by atoms with Crippen LogP contribution in [0.15, 0.2) is 54.7 Å². The maximum atomic E-state index is 11.7. The number of benzene rings is 2. The lowest BCUT2D eigenvalue weighted by Crippen LogP contribution is -2.05. The number of aromatic nitrogens is 1. The lowest BCUT2D eigenvalue weighted by atomic mass is 9.87. The predicted octanol–water partition coefficient (Wildman–Crippen LogP) is 4.93. The number of carbonyl (C=O) groups excluding carboxylic acids is 1. The van der Waals surface area contributed by atoms with Crippen molar-refractivity contribution in [3.63, 3.8) is 0 Å². The van der Waals surface area contributed by atoms with Gasteiger partial charge in [-0.25, -0.2) is 0 Å². The molecule has 2 aromatic carbocycles. The number of aromatic amines is 1. The summed E-state index contributed by atoms with van der Waals surface area (Å²) in [4.78, 5) is 15.0. The molecule has 2 nitrogen and oxygen atoms in total. The van der Waals surface area contributed by atoms with Crippen molar-refractivity contribution in [3.8, 4) is 0 Å². The third-order valence-corrected chi connectivity index (χ3v) is 4.01. The standard InChI is InChI=1S/C18H16ClNO/c1-12(21)10-16(13-6-8-14(19)9-7-13)17-11-20-18-5-3-2-4-15(17)18/h2-9,11,16,20H,10H2,1H3. The van der Waals surface area contributed by atoms with Gasteiger partial charge in [0.25, 0.3) is 0 Å². The fourth-order valence-electron chi connectivity index (χ4n) is 2.77. The van der Waals surface area contributed by atoms with Gasteiger partial charge in [0, 0.05) is 34.5 Å². The topological polar surface area (TPSA) is 32.9 Å². The molecule has 1 unspecified atom stereocenters. The first-order valence-electron chi connectivity index (χ1n) is 6.96. The number of hydrogen-bond donors (Lipinski definition) is 1. The number of ketones is 1. The van der Waals surface area contributed by atoms with Gasteiger partial charge in [0.05, 0.1) is 0 Å². The number of H-pyrrole nitrogens is 1. The Morgan fingerprint density at radius 2 is 1.86 bits per heavy atom. The van der Waals surface area contributed by atoms with Crippen LogP contribution in [-0.2, 0) is 4.79 Å². The highest BCUT2D eigenvalue weighted by atomic mass is 35.5. The van der Waals surface area contributed by atoms with Crippen molar-refractivity contribution >= 4 is 28.3 Å². The van der Waals surface area contributed by atoms with Gasteiger partial charge in [-0.3, -0.25) is 4.79 Å². The smallest absolute Gasteiger partial charge is 0.130 e. The van der Waals surface area contributed by atoms with E-state index in [1.54, 1.807) is 6.92 Å². The lowest BCUT2D eigenvalue weighted by Gasteiger charge is -2.16. The number of para-hydroxylation sites is 1. The third-order valence-electron chi connectivity index (χ3n) is 3.76. The normalized spacial score (nSPS) is 12.5. The summed E-state index contributed by atoms with van der Waals surface area (Å²) in [5.74, 6) is 0.233. The molecule has 1 heterocycles. The van der Waals surface area contributed by atoms with Crippen LogP contribution >= 0.6 is 11.6 Å². The Morgan fingerprint density at radius 1 is 1.14 bits per heavy atom. The van der Waals surface area contributed by atoms with Crippen LogP contribution in [0.3, 0.4) is 0 Å². The van der Waals surface area contributed by atoms with E-state index in [-0.39, 0.29) is 11.7 Å². The summed E-state index contributed by atoms with van der Waals surface area (Å²) < 4.78 is 0. The van der Waals surface area contributed by atoms with E-state index < -0.39 is 0 Å². The number of carbonyl (C=O) groups is 1. The zero-order chi connectivity index (χ0) is 14.8. The van der Waals surface area contributed by atoms with Crippen LogP contribution < -0.4 is 0 Å². The van der Waals surface area contributed by atoms with Crippen molar-refractivity contribution in [2.75, 3.05) is 0 Å². The van der Waals surface area contributed by atoms with Gasteiger partial charge in [-0.05, 0) is 36.2 Å². The Hall–Kier alpha value is -2.06. The number of nitrogens with one attached hydrogen (secondary N) is 1. The molecule has 0 radical (unpaired) electrons. The first-order chi connectivity index (χ1) is 10.1. The van der Waals surface area contributed by atoms with Gasteiger partial charge in [0.2, 0.25) is 0 Å². The second-order valence-electron chi connectivity index (χ2n) is 5.30. The molecule has 3 aromatic rings. The average Bonchev–Trinajstić information content (AvgIpc) is 2.89. The molecule has 1 N–H and O–H groups in total. The minimum Gasteiger partial charge on any atom is -0.361 e. The van der Waals surface area contributed by atoms with Crippen molar-refractivity contribution in [3.05, 3.63) is 70.9 Å². The SMILES string of the molecule is CC(=O)CC(c1ccc(Cl)cc1)c1c[nH]c2ccccc12. The molecule has 106 valence electrons. The number of fused-ring (bicyclic) bond motifs is 1. The molecular formula is C18H16ClNO. The van der Waals surface area contributed by atoms with E-state index in [1.807, 2.05) is 48.7 Å². The van der Waals surface area contributed by atoms with Crippen molar-refractivity contribution in [2.45, 2.75) is 19.3 Å². The lowest BCUT2D eigenvalue weighted by molar-refractivity contribution is -0.117. The second kappa shape index (κ2) is 5.74. The van der Waals surface area contributed by atoms with Crippen LogP contribution in [0.2, 0.25) is 5.02 Å². The minimum atomic E-state index is 0.0518. The largest absolute Gasteiger partial charge is 0.361 e. The van der Waals surface area contributed by atoms with Gasteiger partial charge in [0.15, 0.2) is 0 Å². The van der Waals surface area contributed by atoms with Gasteiger partial charge < -0.3 is 4.98 Å². The minimum absolute atomic E-state index is 0.0518. The Kier molecular flexibility index (Phi) is 3.80. The molecule has 3 heteroatoms. The molecule has 0 saturated carbocycles. The number of Topliss-reactive ketones (excluding diaryl/α,β-unsaturated/α-hetero) is 1. The van der Waals surface area contributed by atoms with E-state index in [0.29, 0.717) is 11.4 Å². The van der Waals surface area contributed by atoms with Gasteiger partial charge in [0.1, 0.15) is 5.78 Å². The van der Waals surface area contributed by atoms with E-state index in [2.05, 4.69) is 11.1 Å². The van der Waals surface area contributed by atoms with Gasteiger partial charge in [-0.2, -0.15) is 0 Å². The predicted molar refractivity (Wildman–Crippen MR) is 86.9 cm³/mol. The monoisotopic (exact) mass is 297 g/mol. The van der Waals surface area contributed by atoms with Crippen LogP contribution in [0.4, 0.5) is 0 Å². The molecule has 0 aliphatic heterocycles. The van der Waals surface area contributed by atoms with E-state index in [0.717, 1.165) is 16.6 Å². The first-order valence-corrected chi connectivity index (χ1v) is 7.34. The average molecular weight is 298 g/mol. The van der Waals surface area contributed by atoms with E-state index >= 15 is 0 Å². The zero-order valence-electron chi connectivity index (χ0n) is 11.8. The maximum absolute atomic E-state index is 11.7. The molecule has 0 saturated heterocycles. The Morgan fingerprint density at radius 3 is 2.57 bits per heavy atom. The summed E-state index contributed by atoms with van der Waals surface area (Å²) in [5, 5.41) is 1.87. The summed E-state index contributed by atoms with van der Waals surface area (Å²) >= 11 is 5.97. The zero-order valence-corrected chi connectivity index (χ0v) is 12.5. The third kappa shape index (κ3) is 2.86. The molecule has 1 aromatic heterocycles. The number of rotatable bonds is 4. The van der Waals surface area contributed by atoms with E-state index in [1.165, 1.54) is 5.39 Å². The first kappa shape index (κ1) is 13.9. The van der Waals surface area contributed by atoms with Crippen molar-refractivity contribution in [2.24, 2.45) is 0 Å². The van der Waals surface area contributed by atoms with E-state index in [4.69, 9.17) is 11.6 Å². The molecule has 0 spiro atoms. The van der Waals surface area contributed by atoms with Crippen molar-refractivity contribution in [1.29, 1.82) is 0 Å². The molecule has 1 atom stereocenters. The van der Waals surface area contributed by atoms with Crippen LogP contribution in [0.25, 0.3) is 10.9 Å². The van der Waals surface area contributed by atoms with Gasteiger partial charge >= 0.3 is 0 Å². The van der Waals surface area contributed by atoms with Crippen LogP contribution in [-0.4, -0.2) is 10.8 Å². The van der Waals surface area contributed by atoms with Gasteiger partial charge in [-0.1, -0.05) is 41.9 Å². The van der Waals surface area contributed by atoms with Crippen molar-refractivity contribution in [1.82, 2.24) is 4.98 Å². The fourth-order valence-corrected chi connectivity index (χ4v) is 2.90. The Balaban J connectivity index is 2.11. The summed E-state index contributed by atoms with van der Waals surface area (Å²) in [6, 6.07) is 15.9. The summed E-state index contributed by atoms with van der Waals surface area (Å²) in [6.07, 6.45) is 2.50. The summed E-state index contributed by atoms with van der Waals surface area (Å²) in [7, 11) is 0. The van der Waals surface area contributed by atoms with Gasteiger partial charge in [-0.15, -0.1) is 0 Å². The molecule has 0 fully saturated rings. The molecule has 0 bridgehead atoms. The molecule has 0 aliphatic carbocycles.